The minimum Gasteiger partial charge on any atom is -0.340 e. The monoisotopic (exact) mass is 837 g/mol. The van der Waals surface area contributed by atoms with Crippen molar-refractivity contribution in [3.05, 3.63) is 144 Å². The maximum absolute atomic E-state index is 15.1. The van der Waals surface area contributed by atoms with Crippen molar-refractivity contribution in [2.75, 3.05) is 39.3 Å². The van der Waals surface area contributed by atoms with Gasteiger partial charge in [-0.05, 0) is 65.1 Å². The Hall–Kier alpha value is -5.78. The number of imidazole rings is 1. The Morgan fingerprint density at radius 2 is 1.10 bits per heavy atom. The minimum atomic E-state index is -1.14. The number of aromatic nitrogens is 2. The number of carbonyl (C=O) groups is 2. The SMILES string of the molecule is CCN(CC)[C@@H](C(=O)N1C[C@H](F)C[C@H]1C1=NC=C(c2ccc(-c3ccc(-c4cnc([C@@H]5C[C@@H](F)CN5C(=O)[C@@H](c5ccccc5)N(CC)CC)[nH]4)cc3)cc2)C1)c1ccccc1. The molecule has 4 aromatic carbocycles. The van der Waals surface area contributed by atoms with Crippen molar-refractivity contribution in [3.63, 3.8) is 0 Å². The van der Waals surface area contributed by atoms with Gasteiger partial charge in [-0.2, -0.15) is 0 Å². The van der Waals surface area contributed by atoms with Gasteiger partial charge in [0, 0.05) is 31.2 Å². The summed E-state index contributed by atoms with van der Waals surface area (Å²) in [6.45, 7) is 11.1. The van der Waals surface area contributed by atoms with E-state index in [4.69, 9.17) is 4.99 Å². The van der Waals surface area contributed by atoms with E-state index in [1.165, 1.54) is 0 Å². The molecule has 3 aliphatic heterocycles. The first-order chi connectivity index (χ1) is 30.2. The molecule has 0 saturated carbocycles. The number of likely N-dealkylation sites (N-methyl/N-ethyl adjacent to an activating group) is 2. The number of carbonyl (C=O) groups excluding carboxylic acids is 2. The lowest BCUT2D eigenvalue weighted by atomic mass is 9.95. The molecule has 1 N–H and O–H groups in total. The number of aromatic amines is 1. The van der Waals surface area contributed by atoms with Crippen LogP contribution in [-0.4, -0.2) is 105 Å². The molecular formula is C51H57F2N7O2. The lowest BCUT2D eigenvalue weighted by molar-refractivity contribution is -0.139. The summed E-state index contributed by atoms with van der Waals surface area (Å²) in [5.74, 6) is 0.400. The number of amides is 2. The second-order valence-electron chi connectivity index (χ2n) is 16.5. The van der Waals surface area contributed by atoms with Crippen molar-refractivity contribution in [1.29, 1.82) is 0 Å². The fourth-order valence-corrected chi connectivity index (χ4v) is 9.61. The maximum Gasteiger partial charge on any atom is 0.245 e. The van der Waals surface area contributed by atoms with Crippen molar-refractivity contribution < 1.29 is 18.4 Å². The zero-order valence-corrected chi connectivity index (χ0v) is 36.1. The van der Waals surface area contributed by atoms with Crippen molar-refractivity contribution in [2.24, 2.45) is 4.99 Å². The molecule has 0 radical (unpaired) electrons. The number of nitrogens with one attached hydrogen (secondary N) is 1. The molecule has 0 aliphatic carbocycles. The van der Waals surface area contributed by atoms with Crippen LogP contribution in [0.3, 0.4) is 0 Å². The summed E-state index contributed by atoms with van der Waals surface area (Å²) in [7, 11) is 0. The predicted octanol–water partition coefficient (Wildman–Crippen LogP) is 9.65. The van der Waals surface area contributed by atoms with Gasteiger partial charge in [0.25, 0.3) is 0 Å². The topological polar surface area (TPSA) is 88.1 Å². The molecule has 0 unspecified atom stereocenters. The first kappa shape index (κ1) is 42.9. The summed E-state index contributed by atoms with van der Waals surface area (Å²) in [4.78, 5) is 49.0. The van der Waals surface area contributed by atoms with Gasteiger partial charge < -0.3 is 14.8 Å². The summed E-state index contributed by atoms with van der Waals surface area (Å²) >= 11 is 0. The third-order valence-corrected chi connectivity index (χ3v) is 13.0. The Balaban J connectivity index is 0.923. The Bertz CT molecular complexity index is 2360. The van der Waals surface area contributed by atoms with Crippen LogP contribution >= 0.6 is 0 Å². The predicted molar refractivity (Wildman–Crippen MR) is 243 cm³/mol. The zero-order valence-electron chi connectivity index (χ0n) is 36.1. The van der Waals surface area contributed by atoms with Crippen LogP contribution in [0, 0.1) is 0 Å². The number of H-pyrrole nitrogens is 1. The Morgan fingerprint density at radius 1 is 0.645 bits per heavy atom. The molecule has 2 amide bonds. The van der Waals surface area contributed by atoms with Crippen LogP contribution in [0.4, 0.5) is 8.78 Å². The standard InChI is InChI=1S/C51H57F2N7O2/c1-5-57(6-2)47(38-15-11-9-12-16-38)50(61)59-32-41(52)28-45(59)43-27-40(30-54-43)36-21-19-34(20-22-36)35-23-25-37(26-24-35)44-31-55-49(56-44)46-29-42(53)33-60(46)51(62)48(58(7-3)8-4)39-17-13-10-14-18-39/h9-26,30-31,41-42,45-48H,5-8,27-29,32-33H2,1-4H3,(H,55,56)/t41-,42-,45+,46+,47-,48-/m1/s1. The summed E-state index contributed by atoms with van der Waals surface area (Å²) in [6, 6.07) is 34.3. The average molecular weight is 838 g/mol. The number of hydrogen-bond donors (Lipinski definition) is 1. The highest BCUT2D eigenvalue weighted by Gasteiger charge is 2.44. The van der Waals surface area contributed by atoms with Gasteiger partial charge in [0.2, 0.25) is 11.8 Å². The molecule has 4 heterocycles. The van der Waals surface area contributed by atoms with Gasteiger partial charge >= 0.3 is 0 Å². The van der Waals surface area contributed by atoms with Gasteiger partial charge in [-0.3, -0.25) is 24.4 Å². The Labute approximate surface area is 364 Å². The third kappa shape index (κ3) is 8.78. The summed E-state index contributed by atoms with van der Waals surface area (Å²) < 4.78 is 30.3. The van der Waals surface area contributed by atoms with Crippen LogP contribution in [0.2, 0.25) is 0 Å². The quantitative estimate of drug-likeness (QED) is 0.114. The molecular weight excluding hydrogens is 781 g/mol. The van der Waals surface area contributed by atoms with E-state index >= 15 is 8.78 Å². The fraction of sp³-hybridized carbons (Fsp3) is 0.373. The normalized spacial score (nSPS) is 21.1. The van der Waals surface area contributed by atoms with E-state index in [1.807, 2.05) is 92.8 Å². The lowest BCUT2D eigenvalue weighted by Gasteiger charge is -2.34. The second-order valence-corrected chi connectivity index (χ2v) is 16.5. The molecule has 2 fully saturated rings. The minimum absolute atomic E-state index is 0.0373. The smallest absolute Gasteiger partial charge is 0.245 e. The van der Waals surface area contributed by atoms with Crippen molar-refractivity contribution >= 4 is 23.1 Å². The number of nitrogens with zero attached hydrogens (tertiary/aromatic N) is 6. The molecule has 1 aromatic heterocycles. The van der Waals surface area contributed by atoms with Gasteiger partial charge in [-0.15, -0.1) is 0 Å². The molecule has 9 nitrogen and oxygen atoms in total. The summed E-state index contributed by atoms with van der Waals surface area (Å²) in [6.07, 6.45) is 2.41. The number of hydrogen-bond acceptors (Lipinski definition) is 6. The van der Waals surface area contributed by atoms with Crippen LogP contribution in [-0.2, 0) is 9.59 Å². The number of allylic oxidation sites excluding steroid dienone is 1. The first-order valence-electron chi connectivity index (χ1n) is 22.2. The van der Waals surface area contributed by atoms with E-state index in [0.717, 1.165) is 50.4 Å². The molecule has 5 aromatic rings. The van der Waals surface area contributed by atoms with Crippen LogP contribution < -0.4 is 0 Å². The van der Waals surface area contributed by atoms with E-state index in [1.54, 1.807) is 16.0 Å². The molecule has 0 bridgehead atoms. The zero-order chi connectivity index (χ0) is 43.3. The van der Waals surface area contributed by atoms with Crippen LogP contribution in [0.1, 0.15) is 87.6 Å². The van der Waals surface area contributed by atoms with E-state index < -0.39 is 30.5 Å². The molecule has 322 valence electrons. The first-order valence-corrected chi connectivity index (χ1v) is 22.2. The number of likely N-dealkylation sites (tertiary alicyclic amines) is 2. The van der Waals surface area contributed by atoms with Crippen LogP contribution in [0.15, 0.2) is 127 Å². The number of alkyl halides is 2. The van der Waals surface area contributed by atoms with Gasteiger partial charge in [-0.1, -0.05) is 137 Å². The fourth-order valence-electron chi connectivity index (χ4n) is 9.61. The second kappa shape index (κ2) is 19.1. The van der Waals surface area contributed by atoms with Crippen molar-refractivity contribution in [3.8, 4) is 22.4 Å². The highest BCUT2D eigenvalue weighted by Crippen LogP contribution is 2.38. The average Bonchev–Trinajstić information content (AvgIpc) is 4.15. The van der Waals surface area contributed by atoms with Crippen LogP contribution in [0.5, 0.6) is 0 Å². The van der Waals surface area contributed by atoms with E-state index in [0.29, 0.717) is 38.4 Å². The van der Waals surface area contributed by atoms with Crippen molar-refractivity contribution in [1.82, 2.24) is 29.6 Å². The van der Waals surface area contributed by atoms with E-state index in [2.05, 4.69) is 70.0 Å². The molecule has 11 heteroatoms. The van der Waals surface area contributed by atoms with E-state index in [-0.39, 0.29) is 43.8 Å². The lowest BCUT2D eigenvalue weighted by Crippen LogP contribution is -2.47. The Morgan fingerprint density at radius 3 is 1.60 bits per heavy atom. The number of aliphatic imine (C=N–C) groups is 1. The summed E-state index contributed by atoms with van der Waals surface area (Å²) in [5, 5.41) is 0. The van der Waals surface area contributed by atoms with Gasteiger partial charge in [-0.25, -0.2) is 13.8 Å². The molecule has 62 heavy (non-hydrogen) atoms. The largest absolute Gasteiger partial charge is 0.340 e. The third-order valence-electron chi connectivity index (χ3n) is 13.0. The van der Waals surface area contributed by atoms with Gasteiger partial charge in [0.15, 0.2) is 0 Å². The molecule has 2 saturated heterocycles. The summed E-state index contributed by atoms with van der Waals surface area (Å²) in [5.41, 5.74) is 8.56. The van der Waals surface area contributed by atoms with E-state index in [9.17, 15) is 9.59 Å². The Kier molecular flexibility index (Phi) is 13.2. The van der Waals surface area contributed by atoms with Gasteiger partial charge in [0.05, 0.1) is 37.1 Å². The molecule has 3 aliphatic rings. The highest BCUT2D eigenvalue weighted by atomic mass is 19.1. The van der Waals surface area contributed by atoms with Gasteiger partial charge in [0.1, 0.15) is 30.3 Å². The number of benzene rings is 4. The van der Waals surface area contributed by atoms with Crippen LogP contribution in [0.25, 0.3) is 28.0 Å². The molecule has 8 rings (SSSR count). The molecule has 0 spiro atoms. The van der Waals surface area contributed by atoms with Crippen molar-refractivity contribution in [2.45, 2.75) is 83.5 Å². The highest BCUT2D eigenvalue weighted by molar-refractivity contribution is 6.04. The maximum atomic E-state index is 15.1. The number of halogens is 2. The number of rotatable bonds is 15. The molecule has 6 atom stereocenters.